The Labute approximate surface area is 230 Å². The minimum Gasteiger partial charge on any atom is -0.495 e. The number of aromatic nitrogens is 2. The van der Waals surface area contributed by atoms with Gasteiger partial charge in [0.05, 0.1) is 31.0 Å². The number of halogens is 2. The van der Waals surface area contributed by atoms with Gasteiger partial charge in [-0.05, 0) is 36.4 Å². The molecule has 1 fully saturated rings. The van der Waals surface area contributed by atoms with Gasteiger partial charge in [-0.25, -0.2) is 9.97 Å². The highest BCUT2D eigenvalue weighted by molar-refractivity contribution is 6.42. The maximum absolute atomic E-state index is 13.4. The third-order valence-corrected chi connectivity index (χ3v) is 7.08. The van der Waals surface area contributed by atoms with E-state index in [1.807, 2.05) is 18.2 Å². The number of nitrogens with one attached hydrogen (secondary N) is 3. The minimum atomic E-state index is -0.445. The molecule has 0 spiro atoms. The summed E-state index contributed by atoms with van der Waals surface area (Å²) in [6.07, 6.45) is 1.42. The van der Waals surface area contributed by atoms with Gasteiger partial charge in [0.25, 0.3) is 5.91 Å². The van der Waals surface area contributed by atoms with E-state index in [2.05, 4.69) is 43.0 Å². The van der Waals surface area contributed by atoms with Crippen LogP contribution in [0.3, 0.4) is 0 Å². The van der Waals surface area contributed by atoms with Crippen molar-refractivity contribution in [3.8, 4) is 11.5 Å². The van der Waals surface area contributed by atoms with Crippen LogP contribution in [-0.4, -0.2) is 56.3 Å². The summed E-state index contributed by atoms with van der Waals surface area (Å²) in [4.78, 5) is 24.6. The molecule has 4 aromatic rings. The molecule has 196 valence electrons. The van der Waals surface area contributed by atoms with Crippen molar-refractivity contribution in [1.29, 1.82) is 0 Å². The fourth-order valence-electron chi connectivity index (χ4n) is 4.36. The average molecular weight is 553 g/mol. The van der Waals surface area contributed by atoms with Gasteiger partial charge < -0.3 is 30.3 Å². The van der Waals surface area contributed by atoms with Gasteiger partial charge in [0, 0.05) is 49.0 Å². The maximum Gasteiger partial charge on any atom is 0.257 e. The number of fused-ring (bicyclic) bond motifs is 1. The zero-order chi connectivity index (χ0) is 26.6. The highest BCUT2D eigenvalue weighted by Gasteiger charge is 2.21. The van der Waals surface area contributed by atoms with Crippen LogP contribution in [0.15, 0.2) is 54.9 Å². The summed E-state index contributed by atoms with van der Waals surface area (Å²) < 4.78 is 10.6. The number of ether oxygens (including phenoxy) is 2. The first-order valence-corrected chi connectivity index (χ1v) is 12.7. The number of hydrogen-bond donors (Lipinski definition) is 3. The van der Waals surface area contributed by atoms with Crippen molar-refractivity contribution in [2.24, 2.45) is 0 Å². The van der Waals surface area contributed by atoms with E-state index in [1.165, 1.54) is 26.2 Å². The Morgan fingerprint density at radius 2 is 1.66 bits per heavy atom. The standard InChI is InChI=1S/C27H26Cl2N6O3/c1-37-20-14-21(38-2)23(29)25(22(20)28)34-27(36)19-5-3-4-18-24(19)31-15-32-26(18)33-16-6-8-17(9-7-16)35-12-10-30-11-13-35/h3-9,14-15,30H,10-13H2,1-2H3,(H,34,36)(H,31,32,33). The van der Waals surface area contributed by atoms with Gasteiger partial charge in [-0.2, -0.15) is 0 Å². The molecule has 5 rings (SSSR count). The molecule has 3 aromatic carbocycles. The summed E-state index contributed by atoms with van der Waals surface area (Å²) in [6.45, 7) is 3.92. The zero-order valence-corrected chi connectivity index (χ0v) is 22.4. The van der Waals surface area contributed by atoms with Gasteiger partial charge in [-0.1, -0.05) is 29.3 Å². The molecule has 1 aromatic heterocycles. The molecule has 0 unspecified atom stereocenters. The lowest BCUT2D eigenvalue weighted by molar-refractivity contribution is 0.102. The molecule has 3 N–H and O–H groups in total. The molecular weight excluding hydrogens is 527 g/mol. The third kappa shape index (κ3) is 5.13. The van der Waals surface area contributed by atoms with Crippen LogP contribution in [0.25, 0.3) is 10.9 Å². The number of piperazine rings is 1. The highest BCUT2D eigenvalue weighted by atomic mass is 35.5. The topological polar surface area (TPSA) is 101 Å². The Balaban J connectivity index is 1.42. The number of nitrogens with zero attached hydrogens (tertiary/aromatic N) is 3. The number of para-hydroxylation sites is 1. The summed E-state index contributed by atoms with van der Waals surface area (Å²) in [7, 11) is 2.93. The number of methoxy groups -OCH3 is 2. The smallest absolute Gasteiger partial charge is 0.257 e. The number of rotatable bonds is 7. The summed E-state index contributed by atoms with van der Waals surface area (Å²) in [5, 5.41) is 10.5. The van der Waals surface area contributed by atoms with Crippen molar-refractivity contribution >= 4 is 62.9 Å². The van der Waals surface area contributed by atoms with Gasteiger partial charge in [-0.15, -0.1) is 0 Å². The Hall–Kier alpha value is -3.79. The van der Waals surface area contributed by atoms with Gasteiger partial charge in [0.1, 0.15) is 33.7 Å². The monoisotopic (exact) mass is 552 g/mol. The van der Waals surface area contributed by atoms with Crippen LogP contribution < -0.4 is 30.3 Å². The second-order valence-electron chi connectivity index (χ2n) is 8.57. The third-order valence-electron chi connectivity index (χ3n) is 6.33. The summed E-state index contributed by atoms with van der Waals surface area (Å²) >= 11 is 12.9. The molecule has 9 nitrogen and oxygen atoms in total. The van der Waals surface area contributed by atoms with Crippen LogP contribution in [0.5, 0.6) is 11.5 Å². The van der Waals surface area contributed by atoms with E-state index in [1.54, 1.807) is 18.2 Å². The first-order chi connectivity index (χ1) is 18.5. The second-order valence-corrected chi connectivity index (χ2v) is 9.33. The van der Waals surface area contributed by atoms with Crippen LogP contribution in [-0.2, 0) is 0 Å². The molecule has 1 amide bonds. The van der Waals surface area contributed by atoms with Crippen molar-refractivity contribution in [2.75, 3.05) is 55.9 Å². The van der Waals surface area contributed by atoms with Crippen molar-refractivity contribution in [2.45, 2.75) is 0 Å². The van der Waals surface area contributed by atoms with Gasteiger partial charge >= 0.3 is 0 Å². The number of carbonyl (C=O) groups is 1. The van der Waals surface area contributed by atoms with Crippen LogP contribution in [0.2, 0.25) is 10.0 Å². The normalized spacial score (nSPS) is 13.3. The number of hydrogen-bond acceptors (Lipinski definition) is 8. The van der Waals surface area contributed by atoms with Crippen molar-refractivity contribution < 1.29 is 14.3 Å². The highest BCUT2D eigenvalue weighted by Crippen LogP contribution is 2.44. The predicted molar refractivity (Wildman–Crippen MR) is 152 cm³/mol. The molecular formula is C27H26Cl2N6O3. The van der Waals surface area contributed by atoms with Crippen molar-refractivity contribution in [1.82, 2.24) is 15.3 Å². The van der Waals surface area contributed by atoms with E-state index in [4.69, 9.17) is 32.7 Å². The number of amides is 1. The van der Waals surface area contributed by atoms with E-state index in [9.17, 15) is 4.79 Å². The molecule has 1 aliphatic heterocycles. The average Bonchev–Trinajstić information content (AvgIpc) is 2.96. The molecule has 0 atom stereocenters. The first-order valence-electron chi connectivity index (χ1n) is 12.0. The summed E-state index contributed by atoms with van der Waals surface area (Å²) in [5.41, 5.74) is 3.04. The molecule has 2 heterocycles. The van der Waals surface area contributed by atoms with E-state index in [0.717, 1.165) is 31.9 Å². The SMILES string of the molecule is COc1cc(OC)c(Cl)c(NC(=O)c2cccc3c(Nc4ccc(N5CCNCC5)cc4)ncnc23)c1Cl. The van der Waals surface area contributed by atoms with Gasteiger partial charge in [0.15, 0.2) is 0 Å². The van der Waals surface area contributed by atoms with Crippen LogP contribution in [0.4, 0.5) is 22.9 Å². The Morgan fingerprint density at radius 3 is 2.32 bits per heavy atom. The van der Waals surface area contributed by atoms with E-state index >= 15 is 0 Å². The second kappa shape index (κ2) is 11.3. The molecule has 0 radical (unpaired) electrons. The Bertz CT molecular complexity index is 1450. The van der Waals surface area contributed by atoms with Gasteiger partial charge in [-0.3, -0.25) is 4.79 Å². The lowest BCUT2D eigenvalue weighted by Crippen LogP contribution is -2.43. The predicted octanol–water partition coefficient (Wildman–Crippen LogP) is 5.36. The van der Waals surface area contributed by atoms with Crippen molar-refractivity contribution in [3.63, 3.8) is 0 Å². The molecule has 1 aliphatic rings. The number of carbonyl (C=O) groups excluding carboxylic acids is 1. The fraction of sp³-hybridized carbons (Fsp3) is 0.222. The molecule has 0 bridgehead atoms. The fourth-order valence-corrected chi connectivity index (χ4v) is 4.96. The summed E-state index contributed by atoms with van der Waals surface area (Å²) in [6, 6.07) is 15.1. The van der Waals surface area contributed by atoms with E-state index in [-0.39, 0.29) is 15.7 Å². The van der Waals surface area contributed by atoms with Crippen LogP contribution >= 0.6 is 23.2 Å². The van der Waals surface area contributed by atoms with E-state index < -0.39 is 5.91 Å². The summed E-state index contributed by atoms with van der Waals surface area (Å²) in [5.74, 6) is 0.772. The van der Waals surface area contributed by atoms with Crippen LogP contribution in [0.1, 0.15) is 10.4 Å². The molecule has 38 heavy (non-hydrogen) atoms. The minimum absolute atomic E-state index is 0.160. The quantitative estimate of drug-likeness (QED) is 0.281. The number of benzene rings is 3. The van der Waals surface area contributed by atoms with E-state index in [0.29, 0.717) is 33.8 Å². The lowest BCUT2D eigenvalue weighted by Gasteiger charge is -2.29. The zero-order valence-electron chi connectivity index (χ0n) is 20.8. The Kier molecular flexibility index (Phi) is 7.69. The van der Waals surface area contributed by atoms with Crippen LogP contribution in [0, 0.1) is 0 Å². The largest absolute Gasteiger partial charge is 0.495 e. The van der Waals surface area contributed by atoms with Gasteiger partial charge in [0.2, 0.25) is 0 Å². The first kappa shape index (κ1) is 25.8. The molecule has 0 saturated carbocycles. The number of anilines is 4. The van der Waals surface area contributed by atoms with Crippen molar-refractivity contribution in [3.05, 3.63) is 70.5 Å². The molecule has 1 saturated heterocycles. The molecule has 11 heteroatoms. The Morgan fingerprint density at radius 1 is 0.974 bits per heavy atom. The molecule has 0 aliphatic carbocycles. The maximum atomic E-state index is 13.4. The lowest BCUT2D eigenvalue weighted by atomic mass is 10.1.